The quantitative estimate of drug-likeness (QED) is 0.0951. The molecule has 4 aliphatic rings. The van der Waals surface area contributed by atoms with Gasteiger partial charge in [-0.1, -0.05) is 50.7 Å². The third-order valence-corrected chi connectivity index (χ3v) is 12.3. The third kappa shape index (κ3) is 8.98. The van der Waals surface area contributed by atoms with Crippen molar-refractivity contribution >= 4 is 56.6 Å². The van der Waals surface area contributed by atoms with Crippen LogP contribution in [-0.4, -0.2) is 72.1 Å². The molecule has 4 heterocycles. The first-order valence-electron chi connectivity index (χ1n) is 21.3. The first kappa shape index (κ1) is 37.7. The number of benzene rings is 2. The summed E-state index contributed by atoms with van der Waals surface area (Å²) in [5.41, 5.74) is 4.21. The smallest absolute Gasteiger partial charge is 0.274 e. The van der Waals surface area contributed by atoms with E-state index < -0.39 is 0 Å². The molecule has 13 heteroatoms. The van der Waals surface area contributed by atoms with E-state index in [1.165, 1.54) is 103 Å². The van der Waals surface area contributed by atoms with Gasteiger partial charge in [0.25, 0.3) is 11.8 Å². The van der Waals surface area contributed by atoms with Crippen LogP contribution >= 0.6 is 0 Å². The molecule has 2 aromatic carbocycles. The summed E-state index contributed by atoms with van der Waals surface area (Å²) in [5, 5.41) is 14.9. The lowest BCUT2D eigenvalue weighted by Crippen LogP contribution is -2.39. The highest BCUT2D eigenvalue weighted by Crippen LogP contribution is 2.36. The van der Waals surface area contributed by atoms with Crippen molar-refractivity contribution in [2.24, 2.45) is 11.8 Å². The van der Waals surface area contributed by atoms with Gasteiger partial charge in [-0.15, -0.1) is 0 Å². The zero-order valence-corrected chi connectivity index (χ0v) is 33.1. The van der Waals surface area contributed by atoms with Crippen molar-refractivity contribution in [2.45, 2.75) is 102 Å². The highest BCUT2D eigenvalue weighted by molar-refractivity contribution is 6.09. The number of amides is 2. The Morgan fingerprint density at radius 1 is 0.603 bits per heavy atom. The summed E-state index contributed by atoms with van der Waals surface area (Å²) in [7, 11) is 0. The van der Waals surface area contributed by atoms with Crippen LogP contribution in [0.3, 0.4) is 0 Å². The minimum atomic E-state index is -0.225. The summed E-state index contributed by atoms with van der Waals surface area (Å²) in [6, 6.07) is 18.3. The number of hydrogen-bond acceptors (Lipinski definition) is 9. The first-order chi connectivity index (χ1) is 28.6. The zero-order valence-electron chi connectivity index (χ0n) is 33.1. The van der Waals surface area contributed by atoms with Gasteiger partial charge in [-0.05, 0) is 93.5 Å². The topological polar surface area (TPSA) is 161 Å². The summed E-state index contributed by atoms with van der Waals surface area (Å²) in [5.74, 6) is 2.89. The average molecular weight is 780 g/mol. The van der Waals surface area contributed by atoms with Crippen molar-refractivity contribution in [2.75, 3.05) is 33.5 Å². The molecule has 4 aliphatic carbocycles. The third-order valence-electron chi connectivity index (χ3n) is 12.3. The molecule has 0 radical (unpaired) electrons. The van der Waals surface area contributed by atoms with Crippen LogP contribution in [0.2, 0.25) is 0 Å². The fraction of sp³-hybridized carbons (Fsp3) is 0.444. The Labute approximate surface area is 338 Å². The fourth-order valence-corrected chi connectivity index (χ4v) is 8.70. The van der Waals surface area contributed by atoms with Crippen molar-refractivity contribution in [3.8, 4) is 0 Å². The molecule has 58 heavy (non-hydrogen) atoms. The van der Waals surface area contributed by atoms with Crippen molar-refractivity contribution in [3.63, 3.8) is 0 Å². The van der Waals surface area contributed by atoms with Gasteiger partial charge in [-0.3, -0.25) is 14.7 Å². The van der Waals surface area contributed by atoms with Crippen LogP contribution in [-0.2, 0) is 0 Å². The van der Waals surface area contributed by atoms with Gasteiger partial charge in [-0.25, -0.2) is 19.9 Å². The predicted octanol–water partition coefficient (Wildman–Crippen LogP) is 8.91. The summed E-state index contributed by atoms with van der Waals surface area (Å²) in [6.45, 7) is 2.09. The number of nitrogens with one attached hydrogen (secondary N) is 4. The van der Waals surface area contributed by atoms with Crippen molar-refractivity contribution in [3.05, 3.63) is 91.0 Å². The molecule has 4 saturated carbocycles. The average Bonchev–Trinajstić information content (AvgIpc) is 4.18. The van der Waals surface area contributed by atoms with E-state index in [2.05, 4.69) is 55.6 Å². The molecule has 4 aromatic heterocycles. The number of carbonyl (C=O) groups excluding carboxylic acids is 2. The van der Waals surface area contributed by atoms with E-state index in [0.717, 1.165) is 69.7 Å². The molecular weight excluding hydrogens is 727 g/mol. The highest BCUT2D eigenvalue weighted by atomic mass is 16.2. The van der Waals surface area contributed by atoms with Gasteiger partial charge >= 0.3 is 0 Å². The van der Waals surface area contributed by atoms with Crippen molar-refractivity contribution in [1.82, 2.24) is 35.1 Å². The van der Waals surface area contributed by atoms with Gasteiger partial charge in [0.15, 0.2) is 0 Å². The molecule has 13 nitrogen and oxygen atoms in total. The van der Waals surface area contributed by atoms with E-state index in [9.17, 15) is 9.59 Å². The molecule has 4 N–H and O–H groups in total. The molecule has 2 amide bonds. The minimum absolute atomic E-state index is 0.197. The highest BCUT2D eigenvalue weighted by Gasteiger charge is 2.32. The van der Waals surface area contributed by atoms with Crippen LogP contribution in [0, 0.1) is 11.8 Å². The zero-order chi connectivity index (χ0) is 39.3. The fourth-order valence-electron chi connectivity index (χ4n) is 8.70. The Balaban J connectivity index is 0.000000150. The van der Waals surface area contributed by atoms with E-state index in [-0.39, 0.29) is 11.8 Å². The summed E-state index contributed by atoms with van der Waals surface area (Å²) in [4.78, 5) is 51.5. The molecule has 0 atom stereocenters. The number of anilines is 4. The normalized spacial score (nSPS) is 17.4. The Bertz CT molecular complexity index is 2170. The largest absolute Gasteiger partial charge is 0.361 e. The number of rotatable bonds is 12. The predicted molar refractivity (Wildman–Crippen MR) is 228 cm³/mol. The lowest BCUT2D eigenvalue weighted by molar-refractivity contribution is 0.101. The van der Waals surface area contributed by atoms with Crippen LogP contribution in [0.1, 0.15) is 111 Å². The second-order valence-electron chi connectivity index (χ2n) is 16.6. The van der Waals surface area contributed by atoms with Gasteiger partial charge in [0.05, 0.1) is 23.1 Å². The van der Waals surface area contributed by atoms with E-state index in [4.69, 9.17) is 0 Å². The minimum Gasteiger partial charge on any atom is -0.361 e. The summed E-state index contributed by atoms with van der Waals surface area (Å²) in [6.07, 6.45) is 24.5. The molecule has 300 valence electrons. The number of aromatic nitrogens is 7. The summed E-state index contributed by atoms with van der Waals surface area (Å²) < 4.78 is 0. The van der Waals surface area contributed by atoms with E-state index >= 15 is 0 Å². The van der Waals surface area contributed by atoms with Gasteiger partial charge in [0.2, 0.25) is 0 Å². The van der Waals surface area contributed by atoms with E-state index in [0.29, 0.717) is 23.5 Å². The Morgan fingerprint density at radius 2 is 1.12 bits per heavy atom. The molecule has 0 spiro atoms. The van der Waals surface area contributed by atoms with Crippen LogP contribution in [0.4, 0.5) is 23.0 Å². The van der Waals surface area contributed by atoms with Gasteiger partial charge < -0.3 is 25.4 Å². The maximum atomic E-state index is 12.9. The number of carbonyl (C=O) groups is 2. The number of H-pyrrole nitrogens is 2. The number of aromatic amines is 2. The maximum Gasteiger partial charge on any atom is 0.274 e. The molecule has 0 aliphatic heterocycles. The first-order valence-corrected chi connectivity index (χ1v) is 21.3. The Kier molecular flexibility index (Phi) is 11.3. The number of nitrogens with zero attached hydrogens (tertiary/aromatic N) is 7. The lowest BCUT2D eigenvalue weighted by Gasteiger charge is -2.35. The second kappa shape index (κ2) is 17.3. The van der Waals surface area contributed by atoms with Crippen LogP contribution < -0.4 is 20.4 Å². The van der Waals surface area contributed by atoms with Gasteiger partial charge in [-0.2, -0.15) is 5.10 Å². The van der Waals surface area contributed by atoms with E-state index in [1.54, 1.807) is 6.20 Å². The molecule has 0 saturated heterocycles. The molecular formula is C45H53N11O2. The van der Waals surface area contributed by atoms with E-state index in [1.807, 2.05) is 60.8 Å². The standard InChI is InChI=1S/C23H27N5O.C22H26N6O/c29-23(27-20-8-4-7-19-18(20)11-12-24-19)21-13-22(26-15-25-21)28(14-16-9-10-16)17-5-2-1-3-6-17;29-22(26-18-7-4-8-19-17(18)12-25-27-19)20-11-21(24-14-23-20)28(13-15-9-10-15)16-5-2-1-3-6-16/h4,7-8,11-13,15-17,24H,1-3,5-6,9-10,14H2,(H,27,29);4,7-8,11-12,14-16H,1-3,5-6,9-10,13H2,(H,25,27)(H,26,29). The van der Waals surface area contributed by atoms with Crippen molar-refractivity contribution < 1.29 is 9.59 Å². The van der Waals surface area contributed by atoms with Crippen LogP contribution in [0.5, 0.6) is 0 Å². The molecule has 0 bridgehead atoms. The number of hydrogen-bond donors (Lipinski definition) is 4. The molecule has 4 fully saturated rings. The van der Waals surface area contributed by atoms with Gasteiger partial charge in [0, 0.05) is 59.8 Å². The molecule has 6 aromatic rings. The monoisotopic (exact) mass is 779 g/mol. The molecule has 10 rings (SSSR count). The van der Waals surface area contributed by atoms with Crippen LogP contribution in [0.15, 0.2) is 79.6 Å². The maximum absolute atomic E-state index is 12.9. The van der Waals surface area contributed by atoms with Crippen LogP contribution in [0.25, 0.3) is 21.8 Å². The second-order valence-corrected chi connectivity index (χ2v) is 16.6. The number of fused-ring (bicyclic) bond motifs is 2. The summed E-state index contributed by atoms with van der Waals surface area (Å²) >= 11 is 0. The van der Waals surface area contributed by atoms with Gasteiger partial charge in [0.1, 0.15) is 35.7 Å². The van der Waals surface area contributed by atoms with Crippen molar-refractivity contribution in [1.29, 1.82) is 0 Å². The lowest BCUT2D eigenvalue weighted by atomic mass is 9.94. The Hall–Kier alpha value is -5.85. The molecule has 0 unspecified atom stereocenters. The Morgan fingerprint density at radius 3 is 1.66 bits per heavy atom. The SMILES string of the molecule is O=C(Nc1cccc2[nH]ccc12)c1cc(N(CC2CC2)C2CCCCC2)ncn1.O=C(Nc1cccc2[nH]ncc12)c1cc(N(CC2CC2)C2CCCCC2)ncn1.